The van der Waals surface area contributed by atoms with Crippen LogP contribution in [0.2, 0.25) is 0 Å². The van der Waals surface area contributed by atoms with Crippen LogP contribution in [-0.4, -0.2) is 5.78 Å². The Morgan fingerprint density at radius 1 is 1.16 bits per heavy atom. The number of hydrogen-bond donors (Lipinski definition) is 0. The lowest BCUT2D eigenvalue weighted by molar-refractivity contribution is 0.0943. The van der Waals surface area contributed by atoms with Crippen molar-refractivity contribution >= 4 is 17.1 Å². The van der Waals surface area contributed by atoms with Crippen LogP contribution in [0.4, 0.5) is 13.2 Å². The largest absolute Gasteiger partial charge is 0.293 e. The normalized spacial score (nSPS) is 11.1. The predicted octanol–water partition coefficient (Wildman–Crippen LogP) is 4.67. The minimum absolute atomic E-state index is 0.0754. The summed E-state index contributed by atoms with van der Waals surface area (Å²) in [6, 6.07) is 4.46. The lowest BCUT2D eigenvalue weighted by atomic mass is 10.1. The maximum absolute atomic E-state index is 13.6. The average molecular weight is 284 g/mol. The number of ketones is 1. The van der Waals surface area contributed by atoms with Crippen LogP contribution in [0.25, 0.3) is 10.4 Å². The van der Waals surface area contributed by atoms with Gasteiger partial charge in [-0.3, -0.25) is 4.79 Å². The summed E-state index contributed by atoms with van der Waals surface area (Å²) in [6.07, 6.45) is 0. The lowest BCUT2D eigenvalue weighted by Crippen LogP contribution is -2.04. The summed E-state index contributed by atoms with van der Waals surface area (Å²) >= 11 is 1.03. The number of rotatable bonds is 3. The van der Waals surface area contributed by atoms with Crippen LogP contribution in [0.15, 0.2) is 24.3 Å². The van der Waals surface area contributed by atoms with Crippen molar-refractivity contribution in [2.45, 2.75) is 13.8 Å². The predicted molar refractivity (Wildman–Crippen MR) is 68.8 cm³/mol. The first-order chi connectivity index (χ1) is 8.90. The molecule has 0 fully saturated rings. The van der Waals surface area contributed by atoms with E-state index in [2.05, 4.69) is 0 Å². The minimum Gasteiger partial charge on any atom is -0.293 e. The molecule has 0 atom stereocenters. The van der Waals surface area contributed by atoms with Gasteiger partial charge in [-0.05, 0) is 18.2 Å². The van der Waals surface area contributed by atoms with E-state index in [1.807, 2.05) is 0 Å². The molecule has 0 spiro atoms. The molecule has 0 N–H and O–H groups in total. The van der Waals surface area contributed by atoms with Crippen molar-refractivity contribution in [2.24, 2.45) is 5.92 Å². The highest BCUT2D eigenvalue weighted by Gasteiger charge is 2.17. The molecule has 19 heavy (non-hydrogen) atoms. The Kier molecular flexibility index (Phi) is 3.75. The standard InChI is InChI=1S/C14H11F3OS/c1-7(2)14(18)12-4-3-11(19-12)9-5-8(15)6-10(16)13(9)17/h3-7H,1-2H3. The molecule has 0 aliphatic carbocycles. The van der Waals surface area contributed by atoms with Crippen LogP contribution in [0.5, 0.6) is 0 Å². The van der Waals surface area contributed by atoms with Gasteiger partial charge in [0.2, 0.25) is 0 Å². The molecular formula is C14H11F3OS. The maximum Gasteiger partial charge on any atom is 0.175 e. The first kappa shape index (κ1) is 13.8. The average Bonchev–Trinajstić information content (AvgIpc) is 2.81. The summed E-state index contributed by atoms with van der Waals surface area (Å²) in [5.41, 5.74) is -0.162. The third-order valence-corrected chi connectivity index (χ3v) is 3.76. The molecule has 1 nitrogen and oxygen atoms in total. The number of benzene rings is 1. The molecule has 0 bridgehead atoms. The van der Waals surface area contributed by atoms with Crippen LogP contribution < -0.4 is 0 Å². The second-order valence-electron chi connectivity index (χ2n) is 4.43. The Balaban J connectivity index is 2.47. The third-order valence-electron chi connectivity index (χ3n) is 2.63. The van der Waals surface area contributed by atoms with Crippen LogP contribution in [0.3, 0.4) is 0 Å². The lowest BCUT2D eigenvalue weighted by Gasteiger charge is -2.02. The van der Waals surface area contributed by atoms with Gasteiger partial charge in [0.05, 0.1) is 4.88 Å². The Labute approximate surface area is 112 Å². The van der Waals surface area contributed by atoms with Gasteiger partial charge in [0.1, 0.15) is 5.82 Å². The smallest absolute Gasteiger partial charge is 0.175 e. The molecule has 2 rings (SSSR count). The quantitative estimate of drug-likeness (QED) is 0.591. The molecule has 0 radical (unpaired) electrons. The minimum atomic E-state index is -1.24. The molecule has 2 aromatic rings. The van der Waals surface area contributed by atoms with Crippen molar-refractivity contribution in [1.29, 1.82) is 0 Å². The van der Waals surface area contributed by atoms with Crippen molar-refractivity contribution in [3.63, 3.8) is 0 Å². The zero-order chi connectivity index (χ0) is 14.2. The molecule has 0 unspecified atom stereocenters. The molecule has 0 amide bonds. The second kappa shape index (κ2) is 5.17. The van der Waals surface area contributed by atoms with E-state index in [1.165, 1.54) is 6.07 Å². The van der Waals surface area contributed by atoms with Gasteiger partial charge in [0, 0.05) is 22.4 Å². The van der Waals surface area contributed by atoms with E-state index in [0.717, 1.165) is 17.4 Å². The summed E-state index contributed by atoms with van der Waals surface area (Å²) in [6.45, 7) is 3.51. The highest BCUT2D eigenvalue weighted by molar-refractivity contribution is 7.17. The topological polar surface area (TPSA) is 17.1 Å². The fraction of sp³-hybridized carbons (Fsp3) is 0.214. The third kappa shape index (κ3) is 2.71. The monoisotopic (exact) mass is 284 g/mol. The van der Waals surface area contributed by atoms with Crippen LogP contribution >= 0.6 is 11.3 Å². The van der Waals surface area contributed by atoms with E-state index in [9.17, 15) is 18.0 Å². The first-order valence-electron chi connectivity index (χ1n) is 5.69. The Bertz CT molecular complexity index is 632. The highest BCUT2D eigenvalue weighted by atomic mass is 32.1. The molecule has 100 valence electrons. The molecule has 5 heteroatoms. The van der Waals surface area contributed by atoms with Gasteiger partial charge in [-0.2, -0.15) is 0 Å². The molecule has 0 aliphatic heterocycles. The molecule has 0 saturated carbocycles. The second-order valence-corrected chi connectivity index (χ2v) is 5.52. The maximum atomic E-state index is 13.6. The molecule has 1 heterocycles. The summed E-state index contributed by atoms with van der Waals surface area (Å²) < 4.78 is 39.9. The number of carbonyl (C=O) groups is 1. The summed E-state index contributed by atoms with van der Waals surface area (Å²) in [5, 5.41) is 0. The molecule has 0 aliphatic rings. The first-order valence-corrected chi connectivity index (χ1v) is 6.50. The van der Waals surface area contributed by atoms with Crippen molar-refractivity contribution < 1.29 is 18.0 Å². The molecule has 1 aromatic carbocycles. The van der Waals surface area contributed by atoms with E-state index >= 15 is 0 Å². The van der Waals surface area contributed by atoms with E-state index in [0.29, 0.717) is 15.8 Å². The van der Waals surface area contributed by atoms with E-state index in [-0.39, 0.29) is 17.3 Å². The Hall–Kier alpha value is -1.62. The summed E-state index contributed by atoms with van der Waals surface area (Å²) in [5.74, 6) is -3.44. The number of carbonyl (C=O) groups excluding carboxylic acids is 1. The summed E-state index contributed by atoms with van der Waals surface area (Å²) in [7, 11) is 0. The van der Waals surface area contributed by atoms with Crippen molar-refractivity contribution in [1.82, 2.24) is 0 Å². The van der Waals surface area contributed by atoms with Crippen LogP contribution in [0.1, 0.15) is 23.5 Å². The zero-order valence-corrected chi connectivity index (χ0v) is 11.2. The molecule has 1 aromatic heterocycles. The SMILES string of the molecule is CC(C)C(=O)c1ccc(-c2cc(F)cc(F)c2F)s1. The fourth-order valence-corrected chi connectivity index (χ4v) is 2.74. The van der Waals surface area contributed by atoms with Gasteiger partial charge >= 0.3 is 0 Å². The zero-order valence-electron chi connectivity index (χ0n) is 10.3. The van der Waals surface area contributed by atoms with Crippen molar-refractivity contribution in [3.05, 3.63) is 46.6 Å². The number of thiophene rings is 1. The van der Waals surface area contributed by atoms with E-state index in [4.69, 9.17) is 0 Å². The number of halogens is 3. The van der Waals surface area contributed by atoms with Crippen molar-refractivity contribution in [3.8, 4) is 10.4 Å². The van der Waals surface area contributed by atoms with Gasteiger partial charge in [-0.1, -0.05) is 13.8 Å². The number of Topliss-reactive ketones (excluding diaryl/α,β-unsaturated/α-hetero) is 1. The van der Waals surface area contributed by atoms with E-state index in [1.54, 1.807) is 19.9 Å². The number of hydrogen-bond acceptors (Lipinski definition) is 2. The highest BCUT2D eigenvalue weighted by Crippen LogP contribution is 2.32. The Morgan fingerprint density at radius 3 is 2.47 bits per heavy atom. The van der Waals surface area contributed by atoms with Gasteiger partial charge in [0.25, 0.3) is 0 Å². The van der Waals surface area contributed by atoms with Gasteiger partial charge in [0.15, 0.2) is 17.4 Å². The van der Waals surface area contributed by atoms with E-state index < -0.39 is 17.5 Å². The molecule has 0 saturated heterocycles. The van der Waals surface area contributed by atoms with Gasteiger partial charge in [-0.25, -0.2) is 13.2 Å². The Morgan fingerprint density at radius 2 is 1.84 bits per heavy atom. The molecular weight excluding hydrogens is 273 g/mol. The van der Waals surface area contributed by atoms with Crippen LogP contribution in [-0.2, 0) is 0 Å². The van der Waals surface area contributed by atoms with Crippen LogP contribution in [0, 0.1) is 23.4 Å². The van der Waals surface area contributed by atoms with Crippen molar-refractivity contribution in [2.75, 3.05) is 0 Å². The van der Waals surface area contributed by atoms with Gasteiger partial charge < -0.3 is 0 Å². The fourth-order valence-electron chi connectivity index (χ4n) is 1.63. The van der Waals surface area contributed by atoms with Gasteiger partial charge in [-0.15, -0.1) is 11.3 Å². The summed E-state index contributed by atoms with van der Waals surface area (Å²) in [4.78, 5) is 12.6.